The van der Waals surface area contributed by atoms with E-state index < -0.39 is 0 Å². The van der Waals surface area contributed by atoms with Gasteiger partial charge in [-0.25, -0.2) is 0 Å². The van der Waals surface area contributed by atoms with Crippen LogP contribution in [0.3, 0.4) is 0 Å². The van der Waals surface area contributed by atoms with E-state index in [1.54, 1.807) is 0 Å². The van der Waals surface area contributed by atoms with Gasteiger partial charge in [0.05, 0.1) is 13.2 Å². The van der Waals surface area contributed by atoms with Crippen LogP contribution < -0.4 is 20.1 Å². The normalized spacial score (nSPS) is 16.5. The van der Waals surface area contributed by atoms with E-state index in [1.165, 1.54) is 6.42 Å². The third kappa shape index (κ3) is 7.10. The standard InChI is InChI=1S/C17H26N2O3.ClH/c1-2-21-15-8-3-4-9-16(15)22-12-6-10-17(20)19-13-14-7-5-11-18-14;/h3-4,8-9,14,18H,2,5-7,10-13H2,1H3,(H,19,20);1H. The summed E-state index contributed by atoms with van der Waals surface area (Å²) in [6.07, 6.45) is 3.54. The van der Waals surface area contributed by atoms with Gasteiger partial charge in [-0.3, -0.25) is 4.79 Å². The highest BCUT2D eigenvalue weighted by Crippen LogP contribution is 2.26. The highest BCUT2D eigenvalue weighted by Gasteiger charge is 2.14. The van der Waals surface area contributed by atoms with Gasteiger partial charge in [-0.1, -0.05) is 12.1 Å². The van der Waals surface area contributed by atoms with Gasteiger partial charge in [0, 0.05) is 19.0 Å². The Balaban J connectivity index is 0.00000264. The van der Waals surface area contributed by atoms with Crippen LogP contribution in [0, 0.1) is 0 Å². The van der Waals surface area contributed by atoms with E-state index >= 15 is 0 Å². The van der Waals surface area contributed by atoms with Crippen LogP contribution in [0.4, 0.5) is 0 Å². The van der Waals surface area contributed by atoms with Crippen molar-refractivity contribution in [3.8, 4) is 11.5 Å². The van der Waals surface area contributed by atoms with Gasteiger partial charge in [0.1, 0.15) is 0 Å². The monoisotopic (exact) mass is 342 g/mol. The van der Waals surface area contributed by atoms with Crippen LogP contribution in [0.1, 0.15) is 32.6 Å². The van der Waals surface area contributed by atoms with Crippen LogP contribution in [0.15, 0.2) is 24.3 Å². The first-order valence-corrected chi connectivity index (χ1v) is 8.14. The van der Waals surface area contributed by atoms with Crippen molar-refractivity contribution >= 4 is 18.3 Å². The predicted molar refractivity (Wildman–Crippen MR) is 93.6 cm³/mol. The molecule has 23 heavy (non-hydrogen) atoms. The van der Waals surface area contributed by atoms with Gasteiger partial charge in [0.2, 0.25) is 5.91 Å². The van der Waals surface area contributed by atoms with Gasteiger partial charge < -0.3 is 20.1 Å². The first-order valence-electron chi connectivity index (χ1n) is 8.14. The van der Waals surface area contributed by atoms with Gasteiger partial charge in [0.25, 0.3) is 0 Å². The number of halogens is 1. The molecule has 1 unspecified atom stereocenters. The van der Waals surface area contributed by atoms with Crippen molar-refractivity contribution in [3.63, 3.8) is 0 Å². The van der Waals surface area contributed by atoms with Crippen LogP contribution in [0.5, 0.6) is 11.5 Å². The number of carbonyl (C=O) groups excluding carboxylic acids is 1. The van der Waals surface area contributed by atoms with Crippen LogP contribution in [0.25, 0.3) is 0 Å². The summed E-state index contributed by atoms with van der Waals surface area (Å²) in [5.41, 5.74) is 0. The maximum atomic E-state index is 11.8. The molecule has 1 amide bonds. The molecule has 6 heteroatoms. The molecule has 1 aliphatic rings. The lowest BCUT2D eigenvalue weighted by molar-refractivity contribution is -0.121. The summed E-state index contributed by atoms with van der Waals surface area (Å²) in [5.74, 6) is 1.58. The van der Waals surface area contributed by atoms with Crippen molar-refractivity contribution in [2.75, 3.05) is 26.3 Å². The largest absolute Gasteiger partial charge is 0.490 e. The number of amides is 1. The van der Waals surface area contributed by atoms with Gasteiger partial charge in [0.15, 0.2) is 11.5 Å². The molecule has 0 aliphatic carbocycles. The topological polar surface area (TPSA) is 59.6 Å². The molecule has 1 fully saturated rings. The fraction of sp³-hybridized carbons (Fsp3) is 0.588. The Labute approximate surface area is 144 Å². The average Bonchev–Trinajstić information content (AvgIpc) is 3.05. The number of carbonyl (C=O) groups is 1. The molecule has 5 nitrogen and oxygen atoms in total. The van der Waals surface area contributed by atoms with Crippen molar-refractivity contribution in [2.24, 2.45) is 0 Å². The Morgan fingerprint density at radius 2 is 2.04 bits per heavy atom. The lowest BCUT2D eigenvalue weighted by Gasteiger charge is -2.12. The predicted octanol–water partition coefficient (Wildman–Crippen LogP) is 2.53. The molecular weight excluding hydrogens is 316 g/mol. The minimum Gasteiger partial charge on any atom is -0.490 e. The smallest absolute Gasteiger partial charge is 0.220 e. The fourth-order valence-electron chi connectivity index (χ4n) is 2.52. The molecule has 1 heterocycles. The maximum absolute atomic E-state index is 11.8. The van der Waals surface area contributed by atoms with E-state index in [9.17, 15) is 4.79 Å². The number of nitrogens with one attached hydrogen (secondary N) is 2. The maximum Gasteiger partial charge on any atom is 0.220 e. The summed E-state index contributed by atoms with van der Waals surface area (Å²) in [4.78, 5) is 11.8. The second kappa shape index (κ2) is 11.1. The van der Waals surface area contributed by atoms with Gasteiger partial charge in [-0.15, -0.1) is 12.4 Å². The molecule has 1 aromatic carbocycles. The minimum absolute atomic E-state index is 0. The van der Waals surface area contributed by atoms with E-state index in [0.717, 1.165) is 31.0 Å². The number of ether oxygens (including phenoxy) is 2. The van der Waals surface area contributed by atoms with Crippen LogP contribution in [0.2, 0.25) is 0 Å². The van der Waals surface area contributed by atoms with Crippen LogP contribution in [-0.4, -0.2) is 38.3 Å². The summed E-state index contributed by atoms with van der Waals surface area (Å²) >= 11 is 0. The van der Waals surface area contributed by atoms with E-state index in [0.29, 0.717) is 32.1 Å². The Morgan fingerprint density at radius 3 is 2.70 bits per heavy atom. The molecule has 1 aliphatic heterocycles. The van der Waals surface area contributed by atoms with Gasteiger partial charge >= 0.3 is 0 Å². The second-order valence-electron chi connectivity index (χ2n) is 5.43. The first-order chi connectivity index (χ1) is 10.8. The summed E-state index contributed by atoms with van der Waals surface area (Å²) in [6, 6.07) is 8.05. The molecule has 0 spiro atoms. The molecule has 0 bridgehead atoms. The van der Waals surface area contributed by atoms with Crippen LogP contribution in [-0.2, 0) is 4.79 Å². The number of hydrogen-bond donors (Lipinski definition) is 2. The molecular formula is C17H27ClN2O3. The third-order valence-electron chi connectivity index (χ3n) is 3.66. The van der Waals surface area contributed by atoms with E-state index in [-0.39, 0.29) is 18.3 Å². The zero-order chi connectivity index (χ0) is 15.6. The molecule has 1 aromatic rings. The Morgan fingerprint density at radius 1 is 1.30 bits per heavy atom. The minimum atomic E-state index is 0. The number of para-hydroxylation sites is 2. The Hall–Kier alpha value is -1.46. The molecule has 0 aromatic heterocycles. The Kier molecular flexibility index (Phi) is 9.48. The number of hydrogen-bond acceptors (Lipinski definition) is 4. The molecule has 2 N–H and O–H groups in total. The second-order valence-corrected chi connectivity index (χ2v) is 5.43. The van der Waals surface area contributed by atoms with Crippen molar-refractivity contribution in [3.05, 3.63) is 24.3 Å². The molecule has 1 saturated heterocycles. The molecule has 130 valence electrons. The van der Waals surface area contributed by atoms with E-state index in [2.05, 4.69) is 10.6 Å². The van der Waals surface area contributed by atoms with Crippen molar-refractivity contribution in [1.82, 2.24) is 10.6 Å². The SMILES string of the molecule is CCOc1ccccc1OCCCC(=O)NCC1CCCN1.Cl. The Bertz CT molecular complexity index is 465. The molecule has 0 saturated carbocycles. The lowest BCUT2D eigenvalue weighted by Crippen LogP contribution is -2.37. The quantitative estimate of drug-likeness (QED) is 0.677. The molecule has 2 rings (SSSR count). The zero-order valence-corrected chi connectivity index (χ0v) is 14.5. The summed E-state index contributed by atoms with van der Waals surface area (Å²) in [5, 5.41) is 6.34. The van der Waals surface area contributed by atoms with E-state index in [4.69, 9.17) is 9.47 Å². The molecule has 0 radical (unpaired) electrons. The molecule has 1 atom stereocenters. The van der Waals surface area contributed by atoms with Crippen molar-refractivity contribution in [1.29, 1.82) is 0 Å². The third-order valence-corrected chi connectivity index (χ3v) is 3.66. The lowest BCUT2D eigenvalue weighted by atomic mass is 10.2. The number of benzene rings is 1. The number of rotatable bonds is 9. The van der Waals surface area contributed by atoms with Gasteiger partial charge in [-0.05, 0) is 44.9 Å². The average molecular weight is 343 g/mol. The summed E-state index contributed by atoms with van der Waals surface area (Å²) in [6.45, 7) is 4.86. The van der Waals surface area contributed by atoms with E-state index in [1.807, 2.05) is 31.2 Å². The highest BCUT2D eigenvalue weighted by molar-refractivity contribution is 5.85. The van der Waals surface area contributed by atoms with Crippen LogP contribution >= 0.6 is 12.4 Å². The summed E-state index contributed by atoms with van der Waals surface area (Å²) < 4.78 is 11.2. The van der Waals surface area contributed by atoms with Crippen molar-refractivity contribution < 1.29 is 14.3 Å². The zero-order valence-electron chi connectivity index (χ0n) is 13.7. The highest BCUT2D eigenvalue weighted by atomic mass is 35.5. The summed E-state index contributed by atoms with van der Waals surface area (Å²) in [7, 11) is 0. The van der Waals surface area contributed by atoms with Crippen molar-refractivity contribution in [2.45, 2.75) is 38.6 Å². The first kappa shape index (κ1) is 19.6. The van der Waals surface area contributed by atoms with Gasteiger partial charge in [-0.2, -0.15) is 0 Å². The fourth-order valence-corrected chi connectivity index (χ4v) is 2.52.